The number of benzene rings is 1. The van der Waals surface area contributed by atoms with Gasteiger partial charge in [0.1, 0.15) is 5.69 Å². The van der Waals surface area contributed by atoms with Crippen LogP contribution in [0.2, 0.25) is 0 Å². The molecule has 1 saturated carbocycles. The molecule has 0 atom stereocenters. The zero-order valence-electron chi connectivity index (χ0n) is 9.81. The van der Waals surface area contributed by atoms with Gasteiger partial charge in [-0.1, -0.05) is 35.2 Å². The van der Waals surface area contributed by atoms with Crippen molar-refractivity contribution in [1.29, 1.82) is 0 Å². The summed E-state index contributed by atoms with van der Waals surface area (Å²) in [6, 6.07) is 2.28. The minimum Gasteiger partial charge on any atom is -0.321 e. The van der Waals surface area contributed by atoms with Crippen molar-refractivity contribution in [3.05, 3.63) is 28.2 Å². The van der Waals surface area contributed by atoms with Crippen LogP contribution in [0, 0.1) is 17.6 Å². The van der Waals surface area contributed by atoms with E-state index in [0.29, 0.717) is 4.47 Å². The minimum atomic E-state index is -0.758. The predicted octanol–water partition coefficient (Wildman–Crippen LogP) is 4.25. The van der Waals surface area contributed by atoms with Crippen LogP contribution in [0.3, 0.4) is 0 Å². The number of nitrogens with one attached hydrogen (secondary N) is 1. The second-order valence-electron chi connectivity index (χ2n) is 4.57. The van der Waals surface area contributed by atoms with E-state index >= 15 is 0 Å². The third kappa shape index (κ3) is 3.07. The van der Waals surface area contributed by atoms with Crippen molar-refractivity contribution >= 4 is 27.5 Å². The van der Waals surface area contributed by atoms with Gasteiger partial charge < -0.3 is 5.32 Å². The molecule has 1 N–H and O–H groups in total. The normalized spacial score (nSPS) is 16.6. The molecule has 0 aromatic heterocycles. The summed E-state index contributed by atoms with van der Waals surface area (Å²) in [6.45, 7) is 0. The van der Waals surface area contributed by atoms with Crippen LogP contribution in [0.5, 0.6) is 0 Å². The summed E-state index contributed by atoms with van der Waals surface area (Å²) in [6.07, 6.45) is 4.73. The van der Waals surface area contributed by atoms with Crippen molar-refractivity contribution in [1.82, 2.24) is 0 Å². The van der Waals surface area contributed by atoms with Crippen LogP contribution >= 0.6 is 15.9 Å². The molecule has 1 fully saturated rings. The summed E-state index contributed by atoms with van der Waals surface area (Å²) >= 11 is 3.00. The van der Waals surface area contributed by atoms with Crippen LogP contribution in [0.25, 0.3) is 0 Å². The average Bonchev–Trinajstić information content (AvgIpc) is 2.34. The molecule has 0 aliphatic heterocycles. The molecule has 0 heterocycles. The molecule has 18 heavy (non-hydrogen) atoms. The Labute approximate surface area is 113 Å². The fourth-order valence-electron chi connectivity index (χ4n) is 2.25. The lowest BCUT2D eigenvalue weighted by molar-refractivity contribution is -0.120. The van der Waals surface area contributed by atoms with Gasteiger partial charge in [-0.05, 0) is 25.0 Å². The van der Waals surface area contributed by atoms with Gasteiger partial charge in [-0.25, -0.2) is 8.78 Å². The van der Waals surface area contributed by atoms with E-state index in [9.17, 15) is 13.6 Å². The third-order valence-electron chi connectivity index (χ3n) is 3.23. The van der Waals surface area contributed by atoms with Gasteiger partial charge in [0.05, 0.1) is 0 Å². The summed E-state index contributed by atoms with van der Waals surface area (Å²) in [5.41, 5.74) is -0.353. The van der Waals surface area contributed by atoms with Crippen LogP contribution in [0.1, 0.15) is 32.1 Å². The smallest absolute Gasteiger partial charge is 0.227 e. The lowest BCUT2D eigenvalue weighted by atomic mass is 9.88. The van der Waals surface area contributed by atoms with Crippen LogP contribution in [0.4, 0.5) is 14.5 Å². The monoisotopic (exact) mass is 317 g/mol. The van der Waals surface area contributed by atoms with Crippen molar-refractivity contribution in [3.8, 4) is 0 Å². The molecule has 98 valence electrons. The number of carbonyl (C=O) groups excluding carboxylic acids is 1. The first-order valence-electron chi connectivity index (χ1n) is 6.03. The van der Waals surface area contributed by atoms with E-state index in [0.717, 1.165) is 44.2 Å². The highest BCUT2D eigenvalue weighted by Gasteiger charge is 2.23. The van der Waals surface area contributed by atoms with E-state index in [4.69, 9.17) is 0 Å². The Balaban J connectivity index is 2.11. The van der Waals surface area contributed by atoms with Gasteiger partial charge in [0.15, 0.2) is 11.6 Å². The Hall–Kier alpha value is -0.970. The molecule has 1 aromatic rings. The molecule has 1 amide bonds. The molecule has 0 radical (unpaired) electrons. The quantitative estimate of drug-likeness (QED) is 0.868. The maximum atomic E-state index is 13.6. The Bertz CT molecular complexity index is 435. The lowest BCUT2D eigenvalue weighted by Gasteiger charge is -2.21. The van der Waals surface area contributed by atoms with Gasteiger partial charge in [-0.3, -0.25) is 4.79 Å². The van der Waals surface area contributed by atoms with E-state index in [1.54, 1.807) is 0 Å². The SMILES string of the molecule is O=C(Nc1c(F)cc(Br)cc1F)C1CCCCC1. The van der Waals surface area contributed by atoms with Gasteiger partial charge in [0, 0.05) is 10.4 Å². The summed E-state index contributed by atoms with van der Waals surface area (Å²) in [4.78, 5) is 11.9. The molecule has 2 rings (SSSR count). The van der Waals surface area contributed by atoms with E-state index in [2.05, 4.69) is 21.2 Å². The third-order valence-corrected chi connectivity index (χ3v) is 3.69. The average molecular weight is 318 g/mol. The van der Waals surface area contributed by atoms with Crippen molar-refractivity contribution < 1.29 is 13.6 Å². The molecular formula is C13H14BrF2NO. The van der Waals surface area contributed by atoms with Gasteiger partial charge in [-0.2, -0.15) is 0 Å². The molecule has 0 spiro atoms. The highest BCUT2D eigenvalue weighted by molar-refractivity contribution is 9.10. The van der Waals surface area contributed by atoms with Crippen molar-refractivity contribution in [2.75, 3.05) is 5.32 Å². The van der Waals surface area contributed by atoms with E-state index in [1.807, 2.05) is 0 Å². The minimum absolute atomic E-state index is 0.124. The lowest BCUT2D eigenvalue weighted by Crippen LogP contribution is -2.25. The van der Waals surface area contributed by atoms with Gasteiger partial charge in [0.25, 0.3) is 0 Å². The number of amides is 1. The Morgan fingerprint density at radius 2 is 1.72 bits per heavy atom. The topological polar surface area (TPSA) is 29.1 Å². The summed E-state index contributed by atoms with van der Waals surface area (Å²) in [5.74, 6) is -1.92. The molecule has 0 unspecified atom stereocenters. The molecule has 1 aliphatic carbocycles. The molecular weight excluding hydrogens is 304 g/mol. The van der Waals surface area contributed by atoms with Gasteiger partial charge >= 0.3 is 0 Å². The van der Waals surface area contributed by atoms with Gasteiger partial charge in [-0.15, -0.1) is 0 Å². The molecule has 5 heteroatoms. The van der Waals surface area contributed by atoms with E-state index < -0.39 is 11.6 Å². The standard InChI is InChI=1S/C13H14BrF2NO/c14-9-6-10(15)12(11(16)7-9)17-13(18)8-4-2-1-3-5-8/h6-8H,1-5H2,(H,17,18). The Morgan fingerprint density at radius 1 is 1.17 bits per heavy atom. The Morgan fingerprint density at radius 3 is 2.28 bits per heavy atom. The van der Waals surface area contributed by atoms with Crippen LogP contribution in [0.15, 0.2) is 16.6 Å². The van der Waals surface area contributed by atoms with E-state index in [-0.39, 0.29) is 17.5 Å². The van der Waals surface area contributed by atoms with Crippen LogP contribution in [-0.2, 0) is 4.79 Å². The first-order valence-corrected chi connectivity index (χ1v) is 6.82. The first-order chi connectivity index (χ1) is 8.58. The van der Waals surface area contributed by atoms with E-state index in [1.165, 1.54) is 0 Å². The second-order valence-corrected chi connectivity index (χ2v) is 5.48. The number of anilines is 1. The number of hydrogen-bond donors (Lipinski definition) is 1. The van der Waals surface area contributed by atoms with Crippen LogP contribution in [-0.4, -0.2) is 5.91 Å². The highest BCUT2D eigenvalue weighted by Crippen LogP contribution is 2.28. The largest absolute Gasteiger partial charge is 0.321 e. The molecule has 1 aromatic carbocycles. The fraction of sp³-hybridized carbons (Fsp3) is 0.462. The maximum Gasteiger partial charge on any atom is 0.227 e. The van der Waals surface area contributed by atoms with Crippen molar-refractivity contribution in [3.63, 3.8) is 0 Å². The number of carbonyl (C=O) groups is 1. The highest BCUT2D eigenvalue weighted by atomic mass is 79.9. The van der Waals surface area contributed by atoms with Crippen LogP contribution < -0.4 is 5.32 Å². The zero-order chi connectivity index (χ0) is 13.1. The molecule has 0 bridgehead atoms. The summed E-state index contributed by atoms with van der Waals surface area (Å²) in [7, 11) is 0. The van der Waals surface area contributed by atoms with Crippen molar-refractivity contribution in [2.45, 2.75) is 32.1 Å². The number of halogens is 3. The number of hydrogen-bond acceptors (Lipinski definition) is 1. The number of rotatable bonds is 2. The molecule has 1 aliphatic rings. The predicted molar refractivity (Wildman–Crippen MR) is 69.3 cm³/mol. The zero-order valence-corrected chi connectivity index (χ0v) is 11.4. The fourth-order valence-corrected chi connectivity index (χ4v) is 2.65. The van der Waals surface area contributed by atoms with Gasteiger partial charge in [0.2, 0.25) is 5.91 Å². The Kier molecular flexibility index (Phi) is 4.32. The van der Waals surface area contributed by atoms with Crippen molar-refractivity contribution in [2.24, 2.45) is 5.92 Å². The first kappa shape index (κ1) is 13.5. The molecule has 0 saturated heterocycles. The molecule has 2 nitrogen and oxygen atoms in total. The summed E-state index contributed by atoms with van der Waals surface area (Å²) in [5, 5.41) is 2.37. The summed E-state index contributed by atoms with van der Waals surface area (Å²) < 4.78 is 27.4. The second kappa shape index (κ2) is 5.78. The maximum absolute atomic E-state index is 13.6.